The minimum atomic E-state index is 0.674. The summed E-state index contributed by atoms with van der Waals surface area (Å²) in [6, 6.07) is 24.4. The molecule has 0 unspecified atom stereocenters. The van der Waals surface area contributed by atoms with Gasteiger partial charge in [0.1, 0.15) is 6.29 Å². The topological polar surface area (TPSA) is 20.3 Å². The van der Waals surface area contributed by atoms with E-state index in [1.807, 2.05) is 24.3 Å². The Morgan fingerprint density at radius 2 is 1.17 bits per heavy atom. The Balaban J connectivity index is 2.19. The number of hydrogen-bond donors (Lipinski definition) is 0. The van der Waals surface area contributed by atoms with Gasteiger partial charge in [0.05, 0.1) is 0 Å². The van der Waals surface area contributed by atoms with Gasteiger partial charge in [-0.25, -0.2) is 0 Å². The minimum absolute atomic E-state index is 0.674. The quantitative estimate of drug-likeness (QED) is 0.586. The van der Waals surface area contributed by atoms with Gasteiger partial charge in [-0.3, -0.25) is 4.79 Å². The van der Waals surface area contributed by atoms with E-state index in [1.54, 1.807) is 0 Å². The van der Waals surface area contributed by atoms with E-state index in [0.29, 0.717) is 5.56 Å². The average molecular weight is 301 g/mol. The highest BCUT2D eigenvalue weighted by Gasteiger charge is 2.13. The van der Waals surface area contributed by atoms with Crippen LogP contribution in [0, 0.1) is 13.8 Å². The van der Waals surface area contributed by atoms with Crippen molar-refractivity contribution in [3.05, 3.63) is 89.5 Å². The molecule has 0 aliphatic carbocycles. The van der Waals surface area contributed by atoms with E-state index in [0.717, 1.165) is 23.3 Å². The van der Waals surface area contributed by atoms with Crippen molar-refractivity contribution in [2.75, 3.05) is 4.90 Å². The van der Waals surface area contributed by atoms with Gasteiger partial charge in [-0.1, -0.05) is 36.4 Å². The molecule has 3 aromatic carbocycles. The van der Waals surface area contributed by atoms with Gasteiger partial charge in [-0.2, -0.15) is 0 Å². The Bertz CT molecular complexity index is 793. The van der Waals surface area contributed by atoms with E-state index in [4.69, 9.17) is 0 Å². The Hall–Kier alpha value is -2.87. The molecule has 3 rings (SSSR count). The maximum Gasteiger partial charge on any atom is 0.150 e. The number of carbonyl (C=O) groups excluding carboxylic acids is 1. The molecule has 0 aliphatic heterocycles. The molecular weight excluding hydrogens is 282 g/mol. The van der Waals surface area contributed by atoms with Crippen LogP contribution < -0.4 is 4.90 Å². The van der Waals surface area contributed by atoms with Crippen molar-refractivity contribution in [2.24, 2.45) is 0 Å². The summed E-state index contributed by atoms with van der Waals surface area (Å²) in [5, 5.41) is 0. The third-order valence-electron chi connectivity index (χ3n) is 3.78. The molecular formula is C21H19NO. The van der Waals surface area contributed by atoms with Gasteiger partial charge in [0.25, 0.3) is 0 Å². The second-order valence-electron chi connectivity index (χ2n) is 5.73. The van der Waals surface area contributed by atoms with E-state index in [1.165, 1.54) is 11.1 Å². The molecule has 0 aliphatic rings. The second-order valence-corrected chi connectivity index (χ2v) is 5.73. The standard InChI is InChI=1S/C21H19NO/c1-16-6-3-9-19(12-16)22(20-10-4-7-17(2)13-20)21-11-5-8-18(14-21)15-23/h3-15H,1-2H3. The van der Waals surface area contributed by atoms with E-state index in [9.17, 15) is 4.79 Å². The fourth-order valence-corrected chi connectivity index (χ4v) is 2.72. The molecule has 2 heteroatoms. The number of carbonyl (C=O) groups is 1. The highest BCUT2D eigenvalue weighted by Crippen LogP contribution is 2.35. The smallest absolute Gasteiger partial charge is 0.150 e. The molecule has 23 heavy (non-hydrogen) atoms. The van der Waals surface area contributed by atoms with Gasteiger partial charge in [-0.15, -0.1) is 0 Å². The predicted molar refractivity (Wildman–Crippen MR) is 96.0 cm³/mol. The first-order chi connectivity index (χ1) is 11.2. The normalized spacial score (nSPS) is 10.3. The molecule has 2 nitrogen and oxygen atoms in total. The van der Waals surface area contributed by atoms with Crippen molar-refractivity contribution < 1.29 is 4.79 Å². The molecule has 0 fully saturated rings. The molecule has 114 valence electrons. The summed E-state index contributed by atoms with van der Waals surface area (Å²) in [5.74, 6) is 0. The largest absolute Gasteiger partial charge is 0.310 e. The predicted octanol–water partition coefficient (Wildman–Crippen LogP) is 5.59. The molecule has 0 saturated heterocycles. The average Bonchev–Trinajstić information content (AvgIpc) is 2.55. The molecule has 0 amide bonds. The summed E-state index contributed by atoms with van der Waals surface area (Å²) >= 11 is 0. The molecule has 0 saturated carbocycles. The summed E-state index contributed by atoms with van der Waals surface area (Å²) in [4.78, 5) is 13.3. The number of nitrogens with zero attached hydrogens (tertiary/aromatic N) is 1. The number of anilines is 3. The third-order valence-corrected chi connectivity index (χ3v) is 3.78. The van der Waals surface area contributed by atoms with Crippen LogP contribution in [-0.2, 0) is 0 Å². The number of aryl methyl sites for hydroxylation is 2. The zero-order valence-electron chi connectivity index (χ0n) is 13.4. The first kappa shape index (κ1) is 15.0. The van der Waals surface area contributed by atoms with Crippen molar-refractivity contribution in [1.82, 2.24) is 0 Å². The SMILES string of the molecule is Cc1cccc(N(c2cccc(C)c2)c2cccc(C=O)c2)c1. The van der Waals surface area contributed by atoms with Crippen LogP contribution in [0.15, 0.2) is 72.8 Å². The van der Waals surface area contributed by atoms with Crippen molar-refractivity contribution in [3.63, 3.8) is 0 Å². The van der Waals surface area contributed by atoms with E-state index in [2.05, 4.69) is 67.3 Å². The summed E-state index contributed by atoms with van der Waals surface area (Å²) in [6.45, 7) is 4.17. The van der Waals surface area contributed by atoms with Crippen LogP contribution in [0.25, 0.3) is 0 Å². The van der Waals surface area contributed by atoms with Gasteiger partial charge < -0.3 is 4.90 Å². The molecule has 3 aromatic rings. The summed E-state index contributed by atoms with van der Waals surface area (Å²) in [6.07, 6.45) is 0.883. The van der Waals surface area contributed by atoms with Gasteiger partial charge in [0, 0.05) is 22.6 Å². The highest BCUT2D eigenvalue weighted by atomic mass is 16.1. The Kier molecular flexibility index (Phi) is 4.24. The maximum atomic E-state index is 11.1. The first-order valence-corrected chi connectivity index (χ1v) is 7.66. The van der Waals surface area contributed by atoms with Crippen LogP contribution in [0.3, 0.4) is 0 Å². The van der Waals surface area contributed by atoms with Crippen molar-refractivity contribution in [3.8, 4) is 0 Å². The van der Waals surface area contributed by atoms with Crippen LogP contribution in [0.1, 0.15) is 21.5 Å². The summed E-state index contributed by atoms with van der Waals surface area (Å²) in [7, 11) is 0. The molecule has 0 aromatic heterocycles. The zero-order chi connectivity index (χ0) is 16.2. The van der Waals surface area contributed by atoms with E-state index >= 15 is 0 Å². The van der Waals surface area contributed by atoms with Crippen molar-refractivity contribution in [2.45, 2.75) is 13.8 Å². The van der Waals surface area contributed by atoms with Gasteiger partial charge in [0.15, 0.2) is 0 Å². The number of aldehydes is 1. The minimum Gasteiger partial charge on any atom is -0.310 e. The van der Waals surface area contributed by atoms with Crippen LogP contribution in [0.5, 0.6) is 0 Å². The lowest BCUT2D eigenvalue weighted by atomic mass is 10.1. The fraction of sp³-hybridized carbons (Fsp3) is 0.0952. The molecule has 0 bridgehead atoms. The van der Waals surface area contributed by atoms with Gasteiger partial charge in [-0.05, 0) is 61.4 Å². The van der Waals surface area contributed by atoms with Crippen molar-refractivity contribution in [1.29, 1.82) is 0 Å². The first-order valence-electron chi connectivity index (χ1n) is 7.66. The van der Waals surface area contributed by atoms with Crippen molar-refractivity contribution >= 4 is 23.3 Å². The monoisotopic (exact) mass is 301 g/mol. The number of benzene rings is 3. The molecule has 0 spiro atoms. The maximum absolute atomic E-state index is 11.1. The number of hydrogen-bond acceptors (Lipinski definition) is 2. The Labute approximate surface area is 137 Å². The highest BCUT2D eigenvalue weighted by molar-refractivity contribution is 5.82. The second kappa shape index (κ2) is 6.49. The lowest BCUT2D eigenvalue weighted by Gasteiger charge is -2.26. The molecule has 0 heterocycles. The number of rotatable bonds is 4. The summed E-state index contributed by atoms with van der Waals surface area (Å²) in [5.41, 5.74) is 6.22. The van der Waals surface area contributed by atoms with Crippen LogP contribution in [-0.4, -0.2) is 6.29 Å². The lowest BCUT2D eigenvalue weighted by Crippen LogP contribution is -2.10. The van der Waals surface area contributed by atoms with E-state index < -0.39 is 0 Å². The fourth-order valence-electron chi connectivity index (χ4n) is 2.72. The van der Waals surface area contributed by atoms with Crippen LogP contribution >= 0.6 is 0 Å². The van der Waals surface area contributed by atoms with E-state index in [-0.39, 0.29) is 0 Å². The van der Waals surface area contributed by atoms with Crippen LogP contribution in [0.2, 0.25) is 0 Å². The Morgan fingerprint density at radius 3 is 1.65 bits per heavy atom. The van der Waals surface area contributed by atoms with Gasteiger partial charge in [0.2, 0.25) is 0 Å². The van der Waals surface area contributed by atoms with Crippen LogP contribution in [0.4, 0.5) is 17.1 Å². The van der Waals surface area contributed by atoms with Gasteiger partial charge >= 0.3 is 0 Å². The summed E-state index contributed by atoms with van der Waals surface area (Å²) < 4.78 is 0. The Morgan fingerprint density at radius 1 is 0.696 bits per heavy atom. The molecule has 0 N–H and O–H groups in total. The molecule has 0 radical (unpaired) electrons. The lowest BCUT2D eigenvalue weighted by molar-refractivity contribution is 0.112. The molecule has 0 atom stereocenters. The third kappa shape index (κ3) is 3.32. The zero-order valence-corrected chi connectivity index (χ0v) is 13.4.